The van der Waals surface area contributed by atoms with Crippen molar-refractivity contribution >= 4 is 0 Å². The summed E-state index contributed by atoms with van der Waals surface area (Å²) in [4.78, 5) is 0. The molecule has 1 atom stereocenters. The zero-order valence-corrected chi connectivity index (χ0v) is 12.3. The molecule has 2 aromatic carbocycles. The van der Waals surface area contributed by atoms with Crippen LogP contribution in [-0.2, 0) is 0 Å². The van der Waals surface area contributed by atoms with Gasteiger partial charge in [0.2, 0.25) is 0 Å². The monoisotopic (exact) mass is 327 g/mol. The van der Waals surface area contributed by atoms with Crippen LogP contribution in [0, 0.1) is 0 Å². The van der Waals surface area contributed by atoms with E-state index in [0.717, 1.165) is 0 Å². The Morgan fingerprint density at radius 2 is 1.78 bits per heavy atom. The molecule has 0 aliphatic heterocycles. The zero-order chi connectivity index (χ0) is 17.0. The second kappa shape index (κ2) is 6.78. The maximum absolute atomic E-state index is 12.1. The Balaban J connectivity index is 2.24. The third-order valence-electron chi connectivity index (χ3n) is 3.14. The third kappa shape index (κ3) is 4.29. The van der Waals surface area contributed by atoms with E-state index in [9.17, 15) is 18.3 Å². The van der Waals surface area contributed by atoms with Crippen molar-refractivity contribution < 1.29 is 27.8 Å². The second-order valence-corrected chi connectivity index (χ2v) is 4.72. The van der Waals surface area contributed by atoms with Gasteiger partial charge in [0, 0.05) is 5.56 Å². The molecule has 0 spiro atoms. The number of aromatic hydroxyl groups is 1. The number of alkyl halides is 3. The molecule has 2 aromatic rings. The van der Waals surface area contributed by atoms with Crippen molar-refractivity contribution in [2.24, 2.45) is 5.73 Å². The third-order valence-corrected chi connectivity index (χ3v) is 3.14. The molecule has 0 radical (unpaired) electrons. The Bertz CT molecular complexity index is 657. The van der Waals surface area contributed by atoms with E-state index < -0.39 is 12.4 Å². The van der Waals surface area contributed by atoms with Crippen molar-refractivity contribution in [2.75, 3.05) is 6.61 Å². The second-order valence-electron chi connectivity index (χ2n) is 4.72. The largest absolute Gasteiger partial charge is 0.573 e. The number of benzene rings is 2. The van der Waals surface area contributed by atoms with Gasteiger partial charge in [-0.1, -0.05) is 24.3 Å². The zero-order valence-electron chi connectivity index (χ0n) is 12.3. The fourth-order valence-corrected chi connectivity index (χ4v) is 2.12. The van der Waals surface area contributed by atoms with Crippen LogP contribution in [0.25, 0.3) is 0 Å². The van der Waals surface area contributed by atoms with Crippen molar-refractivity contribution in [2.45, 2.75) is 19.3 Å². The van der Waals surface area contributed by atoms with Crippen LogP contribution in [0.4, 0.5) is 13.2 Å². The lowest BCUT2D eigenvalue weighted by Gasteiger charge is -2.17. The van der Waals surface area contributed by atoms with E-state index >= 15 is 0 Å². The average Bonchev–Trinajstić information content (AvgIpc) is 2.48. The Labute approximate surface area is 131 Å². The van der Waals surface area contributed by atoms with Gasteiger partial charge in [-0.2, -0.15) is 0 Å². The number of halogens is 3. The molecule has 4 nitrogen and oxygen atoms in total. The number of hydrogen-bond donors (Lipinski definition) is 2. The van der Waals surface area contributed by atoms with Gasteiger partial charge in [0.05, 0.1) is 12.6 Å². The van der Waals surface area contributed by atoms with Gasteiger partial charge in [0.1, 0.15) is 5.75 Å². The van der Waals surface area contributed by atoms with Crippen LogP contribution in [0.15, 0.2) is 42.5 Å². The van der Waals surface area contributed by atoms with Gasteiger partial charge >= 0.3 is 6.36 Å². The molecule has 3 N–H and O–H groups in total. The first kappa shape index (κ1) is 17.0. The van der Waals surface area contributed by atoms with Gasteiger partial charge in [-0.3, -0.25) is 0 Å². The van der Waals surface area contributed by atoms with Gasteiger partial charge in [0.15, 0.2) is 11.5 Å². The number of phenolic OH excluding ortho intramolecular Hbond substituents is 1. The minimum Gasteiger partial charge on any atom is -0.504 e. The van der Waals surface area contributed by atoms with Crippen LogP contribution in [-0.4, -0.2) is 18.1 Å². The predicted molar refractivity (Wildman–Crippen MR) is 78.4 cm³/mol. The number of phenols is 1. The van der Waals surface area contributed by atoms with Gasteiger partial charge in [-0.15, -0.1) is 13.2 Å². The molecule has 0 aliphatic rings. The molecular weight excluding hydrogens is 311 g/mol. The molecule has 0 aromatic heterocycles. The summed E-state index contributed by atoms with van der Waals surface area (Å²) in [6, 6.07) is 9.38. The SMILES string of the molecule is CCOc1cccc([C@@H](N)c2ccc(OC(F)(F)F)cc2)c1O. The normalized spacial score (nSPS) is 12.7. The fourth-order valence-electron chi connectivity index (χ4n) is 2.12. The predicted octanol–water partition coefficient (Wildman–Crippen LogP) is 3.74. The van der Waals surface area contributed by atoms with Gasteiger partial charge in [0.25, 0.3) is 0 Å². The highest BCUT2D eigenvalue weighted by Crippen LogP contribution is 2.35. The number of para-hydroxylation sites is 1. The summed E-state index contributed by atoms with van der Waals surface area (Å²) in [6.07, 6.45) is -4.74. The molecule has 0 amide bonds. The molecule has 0 saturated carbocycles. The number of rotatable bonds is 5. The summed E-state index contributed by atoms with van der Waals surface area (Å²) >= 11 is 0. The highest BCUT2D eigenvalue weighted by molar-refractivity contribution is 5.49. The highest BCUT2D eigenvalue weighted by Gasteiger charge is 2.31. The molecule has 0 heterocycles. The summed E-state index contributed by atoms with van der Waals surface area (Å²) in [5, 5.41) is 10.2. The minimum atomic E-state index is -4.74. The Morgan fingerprint density at radius 3 is 2.35 bits per heavy atom. The van der Waals surface area contributed by atoms with E-state index in [2.05, 4.69) is 4.74 Å². The van der Waals surface area contributed by atoms with Crippen LogP contribution in [0.3, 0.4) is 0 Å². The lowest BCUT2D eigenvalue weighted by molar-refractivity contribution is -0.274. The van der Waals surface area contributed by atoms with E-state index in [-0.39, 0.29) is 11.5 Å². The maximum Gasteiger partial charge on any atom is 0.573 e. The summed E-state index contributed by atoms with van der Waals surface area (Å²) in [6.45, 7) is 2.17. The highest BCUT2D eigenvalue weighted by atomic mass is 19.4. The molecule has 124 valence electrons. The first-order valence-electron chi connectivity index (χ1n) is 6.87. The Kier molecular flexibility index (Phi) is 5.00. The first-order valence-corrected chi connectivity index (χ1v) is 6.87. The summed E-state index contributed by atoms with van der Waals surface area (Å²) in [7, 11) is 0. The number of ether oxygens (including phenoxy) is 2. The molecule has 7 heteroatoms. The van der Waals surface area contributed by atoms with Crippen LogP contribution >= 0.6 is 0 Å². The van der Waals surface area contributed by atoms with Gasteiger partial charge < -0.3 is 20.3 Å². The van der Waals surface area contributed by atoms with E-state index in [1.807, 2.05) is 0 Å². The van der Waals surface area contributed by atoms with Crippen LogP contribution in [0.1, 0.15) is 24.1 Å². The van der Waals surface area contributed by atoms with Crippen molar-refractivity contribution in [3.05, 3.63) is 53.6 Å². The van der Waals surface area contributed by atoms with E-state index in [4.69, 9.17) is 10.5 Å². The smallest absolute Gasteiger partial charge is 0.504 e. The van der Waals surface area contributed by atoms with Crippen molar-refractivity contribution in [3.8, 4) is 17.2 Å². The number of nitrogens with two attached hydrogens (primary N) is 1. The summed E-state index contributed by atoms with van der Waals surface area (Å²) in [5.41, 5.74) is 7.03. The summed E-state index contributed by atoms with van der Waals surface area (Å²) < 4.78 is 45.5. The van der Waals surface area contributed by atoms with Crippen LogP contribution < -0.4 is 15.2 Å². The van der Waals surface area contributed by atoms with E-state index in [1.54, 1.807) is 25.1 Å². The van der Waals surface area contributed by atoms with Crippen molar-refractivity contribution in [1.29, 1.82) is 0 Å². The molecule has 0 aliphatic carbocycles. The molecule has 23 heavy (non-hydrogen) atoms. The van der Waals surface area contributed by atoms with Gasteiger partial charge in [-0.05, 0) is 30.7 Å². The summed E-state index contributed by atoms with van der Waals surface area (Å²) in [5.74, 6) is -0.115. The Hall–Kier alpha value is -2.41. The quantitative estimate of drug-likeness (QED) is 0.878. The molecule has 2 rings (SSSR count). The standard InChI is InChI=1S/C16H16F3NO3/c1-2-22-13-5-3-4-12(15(13)21)14(20)10-6-8-11(9-7-10)23-16(17,18)19/h3-9,14,21H,2,20H2,1H3/t14-/m0/s1. The lowest BCUT2D eigenvalue weighted by Crippen LogP contribution is -2.17. The molecule has 0 fully saturated rings. The van der Waals surface area contributed by atoms with Crippen molar-refractivity contribution in [3.63, 3.8) is 0 Å². The molecule has 0 bridgehead atoms. The molecule has 0 unspecified atom stereocenters. The van der Waals surface area contributed by atoms with Crippen LogP contribution in [0.5, 0.6) is 17.2 Å². The van der Waals surface area contributed by atoms with Crippen molar-refractivity contribution in [1.82, 2.24) is 0 Å². The fraction of sp³-hybridized carbons (Fsp3) is 0.250. The maximum atomic E-state index is 12.1. The van der Waals surface area contributed by atoms with E-state index in [1.165, 1.54) is 24.3 Å². The average molecular weight is 327 g/mol. The van der Waals surface area contributed by atoms with Crippen LogP contribution in [0.2, 0.25) is 0 Å². The first-order chi connectivity index (χ1) is 10.8. The van der Waals surface area contributed by atoms with E-state index in [0.29, 0.717) is 23.5 Å². The lowest BCUT2D eigenvalue weighted by atomic mass is 9.98. The topological polar surface area (TPSA) is 64.7 Å². The molecule has 0 saturated heterocycles. The minimum absolute atomic E-state index is 0.0857. The van der Waals surface area contributed by atoms with Gasteiger partial charge in [-0.25, -0.2) is 0 Å². The Morgan fingerprint density at radius 1 is 1.13 bits per heavy atom. The number of hydrogen-bond acceptors (Lipinski definition) is 4. The molecular formula is C16H16F3NO3.